The van der Waals surface area contributed by atoms with Gasteiger partial charge in [-0.1, -0.05) is 97.1 Å². The van der Waals surface area contributed by atoms with Crippen molar-refractivity contribution < 1.29 is 103 Å². The van der Waals surface area contributed by atoms with Gasteiger partial charge in [-0.25, -0.2) is 0 Å². The van der Waals surface area contributed by atoms with Crippen LogP contribution in [0.15, 0.2) is 104 Å². The molecular formula is C48H64O21. The minimum absolute atomic E-state index is 0.0201. The van der Waals surface area contributed by atoms with E-state index in [1.165, 1.54) is 6.08 Å². The molecule has 21 heteroatoms. The van der Waals surface area contributed by atoms with Crippen LogP contribution < -0.4 is 0 Å². The minimum atomic E-state index is -2.02. The van der Waals surface area contributed by atoms with E-state index in [4.69, 9.17) is 52.1 Å². The van der Waals surface area contributed by atoms with Gasteiger partial charge >= 0.3 is 0 Å². The molecular weight excluding hydrogens is 913 g/mol. The van der Waals surface area contributed by atoms with Gasteiger partial charge < -0.3 is 103 Å². The van der Waals surface area contributed by atoms with E-state index in [-0.39, 0.29) is 33.0 Å². The Hall–Kier alpha value is -3.44. The Morgan fingerprint density at radius 2 is 0.797 bits per heavy atom. The molecule has 4 fully saturated rings. The van der Waals surface area contributed by atoms with Crippen molar-refractivity contribution in [1.82, 2.24) is 0 Å². The van der Waals surface area contributed by atoms with Crippen molar-refractivity contribution in [1.29, 1.82) is 0 Å². The lowest BCUT2D eigenvalue weighted by Gasteiger charge is -2.49. The molecule has 21 nitrogen and oxygen atoms in total. The molecule has 20 atom stereocenters. The maximum atomic E-state index is 12.3. The molecule has 0 saturated carbocycles. The van der Waals surface area contributed by atoms with Crippen LogP contribution in [-0.2, 0) is 71.9 Å². The minimum Gasteiger partial charge on any atom is -0.394 e. The van der Waals surface area contributed by atoms with Crippen molar-refractivity contribution in [3.63, 3.8) is 0 Å². The zero-order chi connectivity index (χ0) is 49.0. The van der Waals surface area contributed by atoms with Crippen LogP contribution in [-0.4, -0.2) is 207 Å². The van der Waals surface area contributed by atoms with Crippen LogP contribution in [0.3, 0.4) is 0 Å². The van der Waals surface area contributed by atoms with Gasteiger partial charge in [0.05, 0.1) is 52.9 Å². The summed E-state index contributed by atoms with van der Waals surface area (Å²) in [6.45, 7) is 1.14. The first-order valence-electron chi connectivity index (χ1n) is 22.8. The molecule has 0 spiro atoms. The predicted molar refractivity (Wildman–Crippen MR) is 235 cm³/mol. The van der Waals surface area contributed by atoms with Gasteiger partial charge in [0.15, 0.2) is 25.2 Å². The van der Waals surface area contributed by atoms with Gasteiger partial charge in [0, 0.05) is 0 Å². The Morgan fingerprint density at radius 1 is 0.406 bits per heavy atom. The maximum Gasteiger partial charge on any atom is 0.187 e. The number of hydrogen-bond acceptors (Lipinski definition) is 21. The van der Waals surface area contributed by atoms with E-state index in [9.17, 15) is 51.1 Å². The third-order valence-corrected chi connectivity index (χ3v) is 12.3. The second-order valence-electron chi connectivity index (χ2n) is 17.1. The van der Waals surface area contributed by atoms with Gasteiger partial charge in [-0.15, -0.1) is 6.58 Å². The molecule has 0 bridgehead atoms. The molecule has 382 valence electrons. The van der Waals surface area contributed by atoms with Crippen molar-refractivity contribution in [2.24, 2.45) is 0 Å². The number of ether oxygens (including phenoxy) is 11. The molecule has 3 aromatic carbocycles. The fraction of sp³-hybridized carbons (Fsp3) is 0.583. The van der Waals surface area contributed by atoms with Crippen molar-refractivity contribution in [3.05, 3.63) is 120 Å². The standard InChI is InChI=1S/C48H64O21/c1-2-18-60-41-33(52)29(19-49)63-45(37(41)56)67-42-34(53)30(20-50)64-46(38(42)57)68-43-35(54)31(21-51)65-47(39(43)58)69-44-36(55)40(61-23-27-14-8-4-9-15-27)32(25-59-22-26-12-6-3-7-13-26)66-48(44)62-24-28-16-10-5-11-17-28/h2-17,29-58H,1,18-25H2/t29?,30?,31?,32?,33-,34-,35-,36?,37?,38?,39?,40-,41?,42?,43?,44?,45-,46-,47-,48+/m1/s1. The first-order chi connectivity index (χ1) is 33.5. The Balaban J connectivity index is 1.12. The molecule has 3 aromatic rings. The first-order valence-corrected chi connectivity index (χ1v) is 22.8. The van der Waals surface area contributed by atoms with Crippen LogP contribution in [0.4, 0.5) is 0 Å². The lowest BCUT2D eigenvalue weighted by molar-refractivity contribution is -0.395. The lowest BCUT2D eigenvalue weighted by Crippen LogP contribution is -2.68. The topological polar surface area (TPSA) is 304 Å². The van der Waals surface area contributed by atoms with Gasteiger partial charge in [-0.05, 0) is 16.7 Å². The molecule has 0 aliphatic carbocycles. The largest absolute Gasteiger partial charge is 0.394 e. The van der Waals surface area contributed by atoms with Gasteiger partial charge in [0.25, 0.3) is 0 Å². The average molecular weight is 977 g/mol. The zero-order valence-corrected chi connectivity index (χ0v) is 37.6. The summed E-state index contributed by atoms with van der Waals surface area (Å²) in [5.74, 6) is 0. The fourth-order valence-electron chi connectivity index (χ4n) is 8.56. The van der Waals surface area contributed by atoms with Crippen LogP contribution in [0, 0.1) is 0 Å². The second kappa shape index (κ2) is 25.8. The lowest BCUT2D eigenvalue weighted by atomic mass is 9.95. The highest BCUT2D eigenvalue weighted by molar-refractivity contribution is 5.15. The van der Waals surface area contributed by atoms with Crippen molar-refractivity contribution in [2.75, 3.05) is 33.0 Å². The smallest absolute Gasteiger partial charge is 0.187 e. The molecule has 10 N–H and O–H groups in total. The molecule has 4 saturated heterocycles. The fourth-order valence-corrected chi connectivity index (χ4v) is 8.56. The van der Waals surface area contributed by atoms with Crippen LogP contribution in [0.1, 0.15) is 16.7 Å². The SMILES string of the molecule is C=CCOC1C(O)[C@@H](OC2C(O)[C@@H](OC3C(O)[C@@H](OC4C(O)[C@H](OCc5ccccc5)C(COCc5ccccc5)O[C@@H]4OCc4ccccc4)OC(CO)[C@H]3O)OC(CO)[C@H]2O)OC(CO)[C@H]1O. The highest BCUT2D eigenvalue weighted by Crippen LogP contribution is 2.36. The first kappa shape index (κ1) is 53.4. The molecule has 69 heavy (non-hydrogen) atoms. The second-order valence-corrected chi connectivity index (χ2v) is 17.1. The predicted octanol–water partition coefficient (Wildman–Crippen LogP) is -1.86. The third-order valence-electron chi connectivity index (χ3n) is 12.3. The summed E-state index contributed by atoms with van der Waals surface area (Å²) in [6, 6.07) is 27.7. The summed E-state index contributed by atoms with van der Waals surface area (Å²) in [5.41, 5.74) is 2.42. The van der Waals surface area contributed by atoms with Crippen LogP contribution in [0.2, 0.25) is 0 Å². The molecule has 4 aliphatic heterocycles. The third kappa shape index (κ3) is 13.2. The summed E-state index contributed by atoms with van der Waals surface area (Å²) in [6.07, 6.45) is -31.0. The molecule has 4 aliphatic rings. The molecule has 4 heterocycles. The van der Waals surface area contributed by atoms with E-state index in [1.54, 1.807) is 0 Å². The quantitative estimate of drug-likeness (QED) is 0.0494. The monoisotopic (exact) mass is 976 g/mol. The highest BCUT2D eigenvalue weighted by Gasteiger charge is 2.56. The summed E-state index contributed by atoms with van der Waals surface area (Å²) in [4.78, 5) is 0. The van der Waals surface area contributed by atoms with E-state index >= 15 is 0 Å². The number of aliphatic hydroxyl groups excluding tert-OH is 10. The molecule has 0 aromatic heterocycles. The summed E-state index contributed by atoms with van der Waals surface area (Å²) >= 11 is 0. The number of hydrogen-bond donors (Lipinski definition) is 10. The van der Waals surface area contributed by atoms with Crippen molar-refractivity contribution in [2.45, 2.75) is 143 Å². The van der Waals surface area contributed by atoms with E-state index < -0.39 is 143 Å². The van der Waals surface area contributed by atoms with E-state index in [0.29, 0.717) is 0 Å². The van der Waals surface area contributed by atoms with E-state index in [2.05, 4.69) is 6.58 Å². The van der Waals surface area contributed by atoms with E-state index in [1.807, 2.05) is 91.0 Å². The zero-order valence-electron chi connectivity index (χ0n) is 37.6. The Labute approximate surface area is 398 Å². The molecule has 0 radical (unpaired) electrons. The van der Waals surface area contributed by atoms with Crippen LogP contribution >= 0.6 is 0 Å². The van der Waals surface area contributed by atoms with E-state index in [0.717, 1.165) is 16.7 Å². The molecule has 12 unspecified atom stereocenters. The summed E-state index contributed by atoms with van der Waals surface area (Å²) in [7, 11) is 0. The maximum absolute atomic E-state index is 12.3. The molecule has 0 amide bonds. The Bertz CT molecular complexity index is 1940. The number of benzene rings is 3. The average Bonchev–Trinajstić information content (AvgIpc) is 3.37. The number of aliphatic hydroxyl groups is 10. The van der Waals surface area contributed by atoms with Gasteiger partial charge in [0.1, 0.15) is 97.7 Å². The van der Waals surface area contributed by atoms with Crippen molar-refractivity contribution in [3.8, 4) is 0 Å². The Kier molecular flexibility index (Phi) is 19.9. The summed E-state index contributed by atoms with van der Waals surface area (Å²) in [5, 5.41) is 111. The summed E-state index contributed by atoms with van der Waals surface area (Å²) < 4.78 is 66.1. The van der Waals surface area contributed by atoms with Crippen molar-refractivity contribution >= 4 is 0 Å². The Morgan fingerprint density at radius 3 is 1.25 bits per heavy atom. The highest BCUT2D eigenvalue weighted by atomic mass is 16.8. The normalized spacial score (nSPS) is 38.4. The van der Waals surface area contributed by atoms with Gasteiger partial charge in [-0.2, -0.15) is 0 Å². The van der Waals surface area contributed by atoms with Gasteiger partial charge in [0.2, 0.25) is 0 Å². The van der Waals surface area contributed by atoms with Crippen LogP contribution in [0.25, 0.3) is 0 Å². The van der Waals surface area contributed by atoms with Gasteiger partial charge in [-0.3, -0.25) is 0 Å². The number of rotatable bonds is 22. The van der Waals surface area contributed by atoms with Crippen LogP contribution in [0.5, 0.6) is 0 Å². The molecule has 7 rings (SSSR count).